The average Bonchev–Trinajstić information content (AvgIpc) is 3.08. The van der Waals surface area contributed by atoms with Crippen LogP contribution in [-0.4, -0.2) is 51.8 Å². The Morgan fingerprint density at radius 2 is 1.94 bits per heavy atom. The van der Waals surface area contributed by atoms with Gasteiger partial charge in [-0.2, -0.15) is 0 Å². The first kappa shape index (κ1) is 21.3. The molecular formula is C24H32O7. The average molecular weight is 433 g/mol. The maximum absolute atomic E-state index is 12.7. The second-order valence-corrected chi connectivity index (χ2v) is 11.3. The van der Waals surface area contributed by atoms with Crippen LogP contribution in [0.25, 0.3) is 0 Å². The molecule has 1 saturated heterocycles. The van der Waals surface area contributed by atoms with Gasteiger partial charge in [0.05, 0.1) is 12.0 Å². The molecule has 9 atom stereocenters. The molecule has 1 unspecified atom stereocenters. The van der Waals surface area contributed by atoms with E-state index in [1.807, 2.05) is 6.92 Å². The second kappa shape index (κ2) is 6.27. The molecule has 7 nitrogen and oxygen atoms in total. The fourth-order valence-electron chi connectivity index (χ4n) is 8.40. The summed E-state index contributed by atoms with van der Waals surface area (Å²) in [7, 11) is 0. The van der Waals surface area contributed by atoms with Gasteiger partial charge >= 0.3 is 5.97 Å². The number of carbonyl (C=O) groups excluding carboxylic acids is 2. The van der Waals surface area contributed by atoms with Crippen molar-refractivity contribution in [2.75, 3.05) is 0 Å². The van der Waals surface area contributed by atoms with E-state index in [9.17, 15) is 24.6 Å². The molecule has 0 amide bonds. The molecule has 1 heterocycles. The van der Waals surface area contributed by atoms with Crippen molar-refractivity contribution in [3.63, 3.8) is 0 Å². The molecule has 7 heteroatoms. The largest absolute Gasteiger partial charge is 0.479 e. The summed E-state index contributed by atoms with van der Waals surface area (Å²) in [6.07, 6.45) is 3.85. The van der Waals surface area contributed by atoms with Crippen molar-refractivity contribution in [2.45, 2.75) is 83.4 Å². The Hall–Kier alpha value is -1.57. The molecule has 2 N–H and O–H groups in total. The monoisotopic (exact) mass is 432 g/mol. The maximum atomic E-state index is 12.7. The van der Waals surface area contributed by atoms with Crippen LogP contribution < -0.4 is 0 Å². The van der Waals surface area contributed by atoms with Crippen molar-refractivity contribution in [1.29, 1.82) is 0 Å². The minimum Gasteiger partial charge on any atom is -0.479 e. The SMILES string of the molecule is CC1(C)O[C@@H]2C[C@H]3[C@@H]4CCC5=CC(=O)C(C=O)C[C@]5(C)[C@H]4[C@@H](O)C[C@]3(C)[C@]2(C(=O)O)O1. The number of carboxylic acid groups (broad SMARTS) is 1. The van der Waals surface area contributed by atoms with Crippen LogP contribution in [0.5, 0.6) is 0 Å². The fraction of sp³-hybridized carbons (Fsp3) is 0.792. The van der Waals surface area contributed by atoms with Gasteiger partial charge in [0, 0.05) is 5.41 Å². The molecule has 0 aromatic carbocycles. The Balaban J connectivity index is 1.58. The Morgan fingerprint density at radius 1 is 1.23 bits per heavy atom. The molecule has 0 bridgehead atoms. The number of allylic oxidation sites excluding steroid dienone is 1. The lowest BCUT2D eigenvalue weighted by atomic mass is 9.45. The van der Waals surface area contributed by atoms with Crippen molar-refractivity contribution in [3.8, 4) is 0 Å². The van der Waals surface area contributed by atoms with Gasteiger partial charge in [-0.1, -0.05) is 19.4 Å². The molecule has 1 aliphatic heterocycles. The lowest BCUT2D eigenvalue weighted by Crippen LogP contribution is -2.63. The van der Waals surface area contributed by atoms with E-state index in [2.05, 4.69) is 6.92 Å². The first-order valence-corrected chi connectivity index (χ1v) is 11.4. The maximum Gasteiger partial charge on any atom is 0.339 e. The van der Waals surface area contributed by atoms with Gasteiger partial charge in [-0.25, -0.2) is 4.79 Å². The Labute approximate surface area is 182 Å². The lowest BCUT2D eigenvalue weighted by Gasteiger charge is -2.60. The molecule has 4 aliphatic carbocycles. The summed E-state index contributed by atoms with van der Waals surface area (Å²) in [6.45, 7) is 7.51. The second-order valence-electron chi connectivity index (χ2n) is 11.3. The molecule has 3 saturated carbocycles. The van der Waals surface area contributed by atoms with Crippen LogP contribution in [0.15, 0.2) is 11.6 Å². The van der Waals surface area contributed by atoms with Crippen LogP contribution in [0.3, 0.4) is 0 Å². The minimum atomic E-state index is -1.49. The van der Waals surface area contributed by atoms with Crippen LogP contribution in [0, 0.1) is 34.5 Å². The van der Waals surface area contributed by atoms with Crippen molar-refractivity contribution in [2.24, 2.45) is 34.5 Å². The summed E-state index contributed by atoms with van der Waals surface area (Å²) >= 11 is 0. The van der Waals surface area contributed by atoms with Crippen LogP contribution >= 0.6 is 0 Å². The van der Waals surface area contributed by atoms with E-state index in [1.54, 1.807) is 19.9 Å². The van der Waals surface area contributed by atoms with Crippen molar-refractivity contribution < 1.29 is 34.1 Å². The fourth-order valence-corrected chi connectivity index (χ4v) is 8.40. The van der Waals surface area contributed by atoms with Gasteiger partial charge < -0.3 is 24.5 Å². The van der Waals surface area contributed by atoms with Crippen LogP contribution in [0.2, 0.25) is 0 Å². The van der Waals surface area contributed by atoms with Gasteiger partial charge in [-0.3, -0.25) is 4.79 Å². The molecule has 4 fully saturated rings. The summed E-state index contributed by atoms with van der Waals surface area (Å²) in [5, 5.41) is 21.9. The van der Waals surface area contributed by atoms with Crippen LogP contribution in [-0.2, 0) is 23.9 Å². The minimum absolute atomic E-state index is 0.0174. The number of fused-ring (bicyclic) bond motifs is 7. The van der Waals surface area contributed by atoms with Crippen LogP contribution in [0.4, 0.5) is 0 Å². The number of aliphatic hydroxyl groups is 1. The third-order valence-electron chi connectivity index (χ3n) is 9.47. The Morgan fingerprint density at radius 3 is 2.58 bits per heavy atom. The molecule has 170 valence electrons. The highest BCUT2D eigenvalue weighted by Gasteiger charge is 2.77. The number of hydrogen-bond donors (Lipinski definition) is 2. The van der Waals surface area contributed by atoms with E-state index in [0.717, 1.165) is 24.7 Å². The molecule has 0 aromatic rings. The summed E-state index contributed by atoms with van der Waals surface area (Å²) in [4.78, 5) is 36.6. The number of ketones is 1. The van der Waals surface area contributed by atoms with Gasteiger partial charge in [0.25, 0.3) is 0 Å². The standard InChI is InChI=1S/C24H32O7/c1-21(2)30-18-8-15-14-6-5-13-7-16(26)12(11-25)9-22(13,3)19(14)17(27)10-23(15,4)24(18,31-21)20(28)29/h7,11-12,14-15,17-19,27H,5-6,8-10H2,1-4H3,(H,28,29)/t12?,14-,15-,17-,18+,19+,22-,23-,24-/m0/s1. The van der Waals surface area contributed by atoms with E-state index in [-0.39, 0.29) is 23.5 Å². The Kier molecular flexibility index (Phi) is 4.30. The number of hydrogen-bond acceptors (Lipinski definition) is 6. The number of carbonyl (C=O) groups is 3. The quantitative estimate of drug-likeness (QED) is 0.509. The van der Waals surface area contributed by atoms with Crippen molar-refractivity contribution in [3.05, 3.63) is 11.6 Å². The highest BCUT2D eigenvalue weighted by atomic mass is 16.8. The topological polar surface area (TPSA) is 110 Å². The highest BCUT2D eigenvalue weighted by molar-refractivity contribution is 6.02. The van der Waals surface area contributed by atoms with Crippen LogP contribution in [0.1, 0.15) is 59.8 Å². The molecule has 0 radical (unpaired) electrons. The third-order valence-corrected chi connectivity index (χ3v) is 9.47. The number of ether oxygens (including phenoxy) is 2. The van der Waals surface area contributed by atoms with Gasteiger partial charge in [0.1, 0.15) is 12.4 Å². The summed E-state index contributed by atoms with van der Waals surface area (Å²) in [6, 6.07) is 0. The summed E-state index contributed by atoms with van der Waals surface area (Å²) in [5.74, 6) is -2.86. The first-order chi connectivity index (χ1) is 14.4. The smallest absolute Gasteiger partial charge is 0.339 e. The number of aliphatic hydroxyl groups excluding tert-OH is 1. The Bertz CT molecular complexity index is 892. The number of rotatable bonds is 2. The normalized spacial score (nSPS) is 52.4. The predicted octanol–water partition coefficient (Wildman–Crippen LogP) is 2.50. The lowest BCUT2D eigenvalue weighted by molar-refractivity contribution is -0.234. The first-order valence-electron chi connectivity index (χ1n) is 11.4. The zero-order chi connectivity index (χ0) is 22.6. The van der Waals surface area contributed by atoms with Gasteiger partial charge in [0.2, 0.25) is 0 Å². The van der Waals surface area contributed by atoms with Gasteiger partial charge in [0.15, 0.2) is 17.2 Å². The summed E-state index contributed by atoms with van der Waals surface area (Å²) in [5.41, 5.74) is -1.68. The van der Waals surface area contributed by atoms with E-state index in [0.29, 0.717) is 19.3 Å². The molecule has 0 aromatic heterocycles. The van der Waals surface area contributed by atoms with Crippen molar-refractivity contribution >= 4 is 18.0 Å². The van der Waals surface area contributed by atoms with E-state index < -0.39 is 46.3 Å². The number of carboxylic acids is 1. The van der Waals surface area contributed by atoms with Gasteiger partial charge in [-0.15, -0.1) is 0 Å². The third kappa shape index (κ3) is 2.48. The zero-order valence-electron chi connectivity index (χ0n) is 18.6. The molecule has 0 spiro atoms. The molecule has 5 rings (SSSR count). The molecule has 31 heavy (non-hydrogen) atoms. The molecular weight excluding hydrogens is 400 g/mol. The number of aliphatic carboxylic acids is 1. The van der Waals surface area contributed by atoms with E-state index in [4.69, 9.17) is 9.47 Å². The van der Waals surface area contributed by atoms with E-state index >= 15 is 0 Å². The zero-order valence-corrected chi connectivity index (χ0v) is 18.6. The van der Waals surface area contributed by atoms with Crippen molar-refractivity contribution in [1.82, 2.24) is 0 Å². The number of aldehydes is 1. The highest BCUT2D eigenvalue weighted by Crippen LogP contribution is 2.70. The summed E-state index contributed by atoms with van der Waals surface area (Å²) < 4.78 is 12.3. The molecule has 5 aliphatic rings. The predicted molar refractivity (Wildman–Crippen MR) is 109 cm³/mol. The van der Waals surface area contributed by atoms with Gasteiger partial charge in [-0.05, 0) is 75.2 Å². The van der Waals surface area contributed by atoms with E-state index in [1.165, 1.54) is 0 Å².